The molecule has 1 unspecified atom stereocenters. The first kappa shape index (κ1) is 11.0. The van der Waals surface area contributed by atoms with Gasteiger partial charge in [0, 0.05) is 0 Å². The Hall–Kier alpha value is -1.08. The first-order valence-corrected chi connectivity index (χ1v) is 6.49. The summed E-state index contributed by atoms with van der Waals surface area (Å²) in [5.41, 5.74) is 8.50. The fourth-order valence-electron chi connectivity index (χ4n) is 2.16. The first-order chi connectivity index (χ1) is 8.27. The third-order valence-electron chi connectivity index (χ3n) is 3.03. The Balaban J connectivity index is 2.09. The largest absolute Gasteiger partial charge is 0.383 e. The maximum Gasteiger partial charge on any atom is 0.136 e. The second kappa shape index (κ2) is 4.30. The Morgan fingerprint density at radius 3 is 3.00 bits per heavy atom. The average Bonchev–Trinajstić information content (AvgIpc) is 2.69. The van der Waals surface area contributed by atoms with Crippen LogP contribution in [-0.4, -0.2) is 16.4 Å². The number of benzene rings is 1. The standard InChI is InChI=1S/C12H12IN3O/c13-10-5-15-16(12(10)14)11-7-17-6-8-3-1-2-4-9(8)11/h1-5,11H,6-7,14H2. The van der Waals surface area contributed by atoms with E-state index >= 15 is 0 Å². The van der Waals surface area contributed by atoms with Crippen molar-refractivity contribution in [1.29, 1.82) is 0 Å². The van der Waals surface area contributed by atoms with Crippen molar-refractivity contribution >= 4 is 28.4 Å². The third-order valence-corrected chi connectivity index (χ3v) is 3.86. The van der Waals surface area contributed by atoms with E-state index in [1.165, 1.54) is 11.1 Å². The van der Waals surface area contributed by atoms with E-state index in [0.29, 0.717) is 19.0 Å². The maximum absolute atomic E-state index is 6.03. The number of rotatable bonds is 1. The van der Waals surface area contributed by atoms with E-state index in [1.807, 2.05) is 16.8 Å². The zero-order chi connectivity index (χ0) is 11.8. The number of nitrogens with two attached hydrogens (primary N) is 1. The summed E-state index contributed by atoms with van der Waals surface area (Å²) in [6.07, 6.45) is 1.78. The van der Waals surface area contributed by atoms with E-state index in [2.05, 4.69) is 39.8 Å². The number of ether oxygens (including phenoxy) is 1. The molecule has 3 rings (SSSR count). The van der Waals surface area contributed by atoms with Crippen LogP contribution in [0.25, 0.3) is 0 Å². The molecule has 1 aromatic heterocycles. The molecule has 17 heavy (non-hydrogen) atoms. The summed E-state index contributed by atoms with van der Waals surface area (Å²) in [5, 5.41) is 4.34. The smallest absolute Gasteiger partial charge is 0.136 e. The fraction of sp³-hybridized carbons (Fsp3) is 0.250. The van der Waals surface area contributed by atoms with E-state index in [1.54, 1.807) is 6.20 Å². The molecule has 0 aliphatic carbocycles. The summed E-state index contributed by atoms with van der Waals surface area (Å²) >= 11 is 2.19. The van der Waals surface area contributed by atoms with Crippen LogP contribution in [0.2, 0.25) is 0 Å². The van der Waals surface area contributed by atoms with Gasteiger partial charge in [-0.3, -0.25) is 0 Å². The predicted molar refractivity (Wildman–Crippen MR) is 73.6 cm³/mol. The van der Waals surface area contributed by atoms with Gasteiger partial charge in [0.1, 0.15) is 11.9 Å². The molecule has 0 spiro atoms. The highest BCUT2D eigenvalue weighted by Gasteiger charge is 2.24. The number of aromatic nitrogens is 2. The molecule has 1 aromatic carbocycles. The van der Waals surface area contributed by atoms with Gasteiger partial charge in [-0.1, -0.05) is 24.3 Å². The molecule has 2 aromatic rings. The number of halogens is 1. The van der Waals surface area contributed by atoms with Crippen molar-refractivity contribution in [2.24, 2.45) is 0 Å². The minimum Gasteiger partial charge on any atom is -0.383 e. The number of anilines is 1. The van der Waals surface area contributed by atoms with Crippen LogP contribution >= 0.6 is 22.6 Å². The van der Waals surface area contributed by atoms with Crippen LogP contribution in [0.3, 0.4) is 0 Å². The summed E-state index contributed by atoms with van der Waals surface area (Å²) in [6.45, 7) is 1.30. The summed E-state index contributed by atoms with van der Waals surface area (Å²) < 4.78 is 8.43. The third kappa shape index (κ3) is 1.83. The number of hydrogen-bond acceptors (Lipinski definition) is 3. The van der Waals surface area contributed by atoms with Gasteiger partial charge in [-0.15, -0.1) is 0 Å². The zero-order valence-corrected chi connectivity index (χ0v) is 11.3. The zero-order valence-electron chi connectivity index (χ0n) is 9.14. The van der Waals surface area contributed by atoms with Crippen LogP contribution in [0, 0.1) is 3.57 Å². The van der Waals surface area contributed by atoms with Gasteiger partial charge in [-0.05, 0) is 33.7 Å². The molecule has 0 radical (unpaired) electrons. The lowest BCUT2D eigenvalue weighted by atomic mass is 9.99. The highest BCUT2D eigenvalue weighted by Crippen LogP contribution is 2.30. The number of fused-ring (bicyclic) bond motifs is 1. The Kier molecular flexibility index (Phi) is 2.79. The van der Waals surface area contributed by atoms with Gasteiger partial charge in [-0.25, -0.2) is 4.68 Å². The number of nitrogen functional groups attached to an aromatic ring is 1. The van der Waals surface area contributed by atoms with Gasteiger partial charge in [0.25, 0.3) is 0 Å². The Morgan fingerprint density at radius 2 is 2.24 bits per heavy atom. The predicted octanol–water partition coefficient (Wildman–Crippen LogP) is 2.19. The van der Waals surface area contributed by atoms with Crippen LogP contribution < -0.4 is 5.73 Å². The van der Waals surface area contributed by atoms with E-state index in [0.717, 1.165) is 3.57 Å². The molecule has 0 amide bonds. The van der Waals surface area contributed by atoms with E-state index in [9.17, 15) is 0 Å². The lowest BCUT2D eigenvalue weighted by molar-refractivity contribution is 0.0810. The summed E-state index contributed by atoms with van der Waals surface area (Å²) in [7, 11) is 0. The molecular formula is C12H12IN3O. The second-order valence-corrected chi connectivity index (χ2v) is 5.21. The van der Waals surface area contributed by atoms with E-state index < -0.39 is 0 Å². The van der Waals surface area contributed by atoms with Crippen molar-refractivity contribution in [3.05, 3.63) is 45.2 Å². The molecule has 0 bridgehead atoms. The van der Waals surface area contributed by atoms with Crippen LogP contribution in [0.4, 0.5) is 5.82 Å². The van der Waals surface area contributed by atoms with Crippen LogP contribution in [0.5, 0.6) is 0 Å². The molecular weight excluding hydrogens is 329 g/mol. The van der Waals surface area contributed by atoms with Crippen molar-refractivity contribution in [1.82, 2.24) is 9.78 Å². The Labute approximate surface area is 113 Å². The summed E-state index contributed by atoms with van der Waals surface area (Å²) in [5.74, 6) is 0.705. The molecule has 88 valence electrons. The van der Waals surface area contributed by atoms with Gasteiger partial charge in [0.15, 0.2) is 0 Å². The molecule has 0 saturated carbocycles. The van der Waals surface area contributed by atoms with Crippen LogP contribution in [0.1, 0.15) is 17.2 Å². The number of nitrogens with zero attached hydrogens (tertiary/aromatic N) is 2. The second-order valence-electron chi connectivity index (χ2n) is 4.05. The molecule has 1 aliphatic heterocycles. The number of hydrogen-bond donors (Lipinski definition) is 1. The van der Waals surface area contributed by atoms with E-state index in [4.69, 9.17) is 10.5 Å². The van der Waals surface area contributed by atoms with Crippen LogP contribution in [0.15, 0.2) is 30.5 Å². The van der Waals surface area contributed by atoms with Crippen molar-refractivity contribution < 1.29 is 4.74 Å². The van der Waals surface area contributed by atoms with Crippen molar-refractivity contribution in [3.63, 3.8) is 0 Å². The summed E-state index contributed by atoms with van der Waals surface area (Å²) in [4.78, 5) is 0. The van der Waals surface area contributed by atoms with Crippen molar-refractivity contribution in [2.45, 2.75) is 12.6 Å². The fourth-order valence-corrected chi connectivity index (χ4v) is 2.53. The van der Waals surface area contributed by atoms with Gasteiger partial charge in [0.2, 0.25) is 0 Å². The molecule has 1 atom stereocenters. The molecule has 2 N–H and O–H groups in total. The molecule has 0 fully saturated rings. The highest BCUT2D eigenvalue weighted by molar-refractivity contribution is 14.1. The minimum absolute atomic E-state index is 0.0865. The molecule has 0 saturated heterocycles. The lowest BCUT2D eigenvalue weighted by Crippen LogP contribution is -2.25. The minimum atomic E-state index is 0.0865. The monoisotopic (exact) mass is 341 g/mol. The van der Waals surface area contributed by atoms with Crippen molar-refractivity contribution in [2.75, 3.05) is 12.3 Å². The molecule has 2 heterocycles. The molecule has 5 heteroatoms. The van der Waals surface area contributed by atoms with Gasteiger partial charge < -0.3 is 10.5 Å². The van der Waals surface area contributed by atoms with E-state index in [-0.39, 0.29) is 6.04 Å². The van der Waals surface area contributed by atoms with Crippen molar-refractivity contribution in [3.8, 4) is 0 Å². The normalized spacial score (nSPS) is 19.0. The van der Waals surface area contributed by atoms with Gasteiger partial charge >= 0.3 is 0 Å². The first-order valence-electron chi connectivity index (χ1n) is 5.41. The van der Waals surface area contributed by atoms with Gasteiger partial charge in [0.05, 0.1) is 23.0 Å². The highest BCUT2D eigenvalue weighted by atomic mass is 127. The van der Waals surface area contributed by atoms with Gasteiger partial charge in [-0.2, -0.15) is 5.10 Å². The SMILES string of the molecule is Nc1c(I)cnn1C1COCc2ccccc21. The Morgan fingerprint density at radius 1 is 1.41 bits per heavy atom. The quantitative estimate of drug-likeness (QED) is 0.809. The lowest BCUT2D eigenvalue weighted by Gasteiger charge is -2.26. The van der Waals surface area contributed by atoms with Crippen LogP contribution in [-0.2, 0) is 11.3 Å². The maximum atomic E-state index is 6.03. The Bertz CT molecular complexity index is 552. The molecule has 4 nitrogen and oxygen atoms in total. The molecule has 1 aliphatic rings. The average molecular weight is 341 g/mol. The summed E-state index contributed by atoms with van der Waals surface area (Å²) in [6, 6.07) is 8.37. The topological polar surface area (TPSA) is 53.1 Å².